The summed E-state index contributed by atoms with van der Waals surface area (Å²) in [7, 11) is -1.73. The van der Waals surface area contributed by atoms with E-state index in [0.717, 1.165) is 66.1 Å². The van der Waals surface area contributed by atoms with Crippen LogP contribution >= 0.6 is 0 Å². The molecule has 0 heterocycles. The lowest BCUT2D eigenvalue weighted by Gasteiger charge is -2.32. The first kappa shape index (κ1) is 81.0. The number of aliphatic carboxylic acids is 1. The van der Waals surface area contributed by atoms with Crippen molar-refractivity contribution in [2.75, 3.05) is 33.0 Å². The van der Waals surface area contributed by atoms with Crippen molar-refractivity contribution in [3.63, 3.8) is 0 Å². The maximum absolute atomic E-state index is 14.0. The minimum absolute atomic E-state index is 0.0477. The average Bonchev–Trinajstić information content (AvgIpc) is 1.36. The number of carbonyl (C=O) groups is 6. The highest BCUT2D eigenvalue weighted by Crippen LogP contribution is 2.35. The number of carboxylic acids is 1. The molecule has 0 saturated heterocycles. The van der Waals surface area contributed by atoms with Gasteiger partial charge in [0.15, 0.2) is 11.6 Å². The van der Waals surface area contributed by atoms with Crippen LogP contribution in [0.5, 0.6) is 0 Å². The number of benzene rings is 4. The molecule has 0 fully saturated rings. The standard InChI is InChI=1S/C52H87NO7Si.C25H31NO6/c1-14-61(15-2,31-22-29-57-38-44(41(4)36-51(8,9)10)28-27-40(3)35-50(5,6)7)32-30-58-48(55)45(33-42-23-18-16-19-24-42)34-47(54)46(39-60-52(11,12)13)53-49(56)59-37-43-25-20-17-21-26-43;1-25(2,3)32-17-21(26-24(30)31-16-19-12-8-5-9-13-19)22(27)15-20(23(28)29)14-18-10-6-4-7-11-18/h16-21,23-26,40-41,44-46H,14-15,22,27-39H2,1-13H3,(H,53,56);4-13,20-21H,14-17H2,1-3H3,(H,26,30)(H,28,29)/t40?,41?,44?,45-,46+;20-,21+/m11/s1. The third kappa shape index (κ3) is 36.3. The topological polar surface area (TPSA) is 202 Å². The van der Waals surface area contributed by atoms with Crippen molar-refractivity contribution in [1.82, 2.24) is 10.6 Å². The Hall–Kier alpha value is -6.20. The van der Waals surface area contributed by atoms with Gasteiger partial charge in [-0.25, -0.2) is 9.59 Å². The smallest absolute Gasteiger partial charge is 0.408 e. The molecule has 93 heavy (non-hydrogen) atoms. The highest BCUT2D eigenvalue weighted by Gasteiger charge is 2.34. The Bertz CT molecular complexity index is 2770. The van der Waals surface area contributed by atoms with Gasteiger partial charge in [-0.2, -0.15) is 0 Å². The van der Waals surface area contributed by atoms with Crippen LogP contribution in [0.25, 0.3) is 0 Å². The molecule has 0 aliphatic carbocycles. The number of ether oxygens (including phenoxy) is 6. The van der Waals surface area contributed by atoms with Crippen LogP contribution in [0.1, 0.15) is 178 Å². The molecule has 0 radical (unpaired) electrons. The Labute approximate surface area is 560 Å². The number of alkyl carbamates (subject to hydrolysis) is 2. The van der Waals surface area contributed by atoms with E-state index in [9.17, 15) is 33.9 Å². The number of hydrogen-bond acceptors (Lipinski definition) is 12. The second-order valence-electron chi connectivity index (χ2n) is 30.1. The van der Waals surface area contributed by atoms with Crippen LogP contribution in [-0.4, -0.2) is 105 Å². The number of nitrogens with one attached hydrogen (secondary N) is 2. The maximum atomic E-state index is 14.0. The second kappa shape index (κ2) is 40.9. The predicted molar refractivity (Wildman–Crippen MR) is 375 cm³/mol. The van der Waals surface area contributed by atoms with E-state index in [-0.39, 0.29) is 57.4 Å². The van der Waals surface area contributed by atoms with Crippen LogP contribution < -0.4 is 10.6 Å². The number of ketones is 2. The van der Waals surface area contributed by atoms with Crippen molar-refractivity contribution in [2.24, 2.45) is 40.4 Å². The van der Waals surface area contributed by atoms with Crippen molar-refractivity contribution in [3.05, 3.63) is 144 Å². The Morgan fingerprint density at radius 2 is 0.903 bits per heavy atom. The molecule has 0 aliphatic rings. The van der Waals surface area contributed by atoms with Gasteiger partial charge in [-0.05, 0) is 137 Å². The minimum Gasteiger partial charge on any atom is -0.481 e. The first-order valence-electron chi connectivity index (χ1n) is 34.0. The summed E-state index contributed by atoms with van der Waals surface area (Å²) in [5, 5.41) is 14.9. The lowest BCUT2D eigenvalue weighted by molar-refractivity contribution is -0.150. The van der Waals surface area contributed by atoms with Gasteiger partial charge in [0.05, 0.1) is 50.9 Å². The quantitative estimate of drug-likeness (QED) is 0.0165. The molecule has 3 unspecified atom stereocenters. The number of hydrogen-bond donors (Lipinski definition) is 3. The monoisotopic (exact) mass is 1310 g/mol. The summed E-state index contributed by atoms with van der Waals surface area (Å²) in [4.78, 5) is 77.8. The summed E-state index contributed by atoms with van der Waals surface area (Å²) in [6, 6.07) is 39.6. The fourth-order valence-electron chi connectivity index (χ4n) is 11.6. The zero-order valence-electron chi connectivity index (χ0n) is 59.6. The molecule has 0 aliphatic heterocycles. The number of carbonyl (C=O) groups excluding carboxylic acids is 5. The van der Waals surface area contributed by atoms with Crippen molar-refractivity contribution in [3.8, 4) is 0 Å². The maximum Gasteiger partial charge on any atom is 0.408 e. The van der Waals surface area contributed by atoms with E-state index in [1.165, 1.54) is 25.7 Å². The number of rotatable bonds is 39. The molecular weight excluding hydrogens is 1190 g/mol. The van der Waals surface area contributed by atoms with Gasteiger partial charge >= 0.3 is 24.1 Å². The van der Waals surface area contributed by atoms with Crippen LogP contribution in [0.2, 0.25) is 24.2 Å². The molecule has 0 bridgehead atoms. The molecule has 0 aromatic heterocycles. The third-order valence-electron chi connectivity index (χ3n) is 16.8. The van der Waals surface area contributed by atoms with Gasteiger partial charge in [-0.1, -0.05) is 215 Å². The van der Waals surface area contributed by atoms with Gasteiger partial charge in [0.2, 0.25) is 0 Å². The summed E-state index contributed by atoms with van der Waals surface area (Å²) < 4.78 is 34.9. The van der Waals surface area contributed by atoms with E-state index < -0.39 is 67.1 Å². The van der Waals surface area contributed by atoms with Gasteiger partial charge in [-0.3, -0.25) is 19.2 Å². The van der Waals surface area contributed by atoms with Crippen LogP contribution in [0.4, 0.5) is 9.59 Å². The molecule has 0 spiro atoms. The largest absolute Gasteiger partial charge is 0.481 e. The van der Waals surface area contributed by atoms with E-state index in [2.05, 4.69) is 79.9 Å². The third-order valence-corrected chi connectivity index (χ3v) is 22.5. The Kier molecular flexibility index (Phi) is 35.6. The molecule has 4 aromatic carbocycles. The molecule has 15 nitrogen and oxygen atoms in total. The van der Waals surface area contributed by atoms with E-state index in [1.807, 2.05) is 163 Å². The summed E-state index contributed by atoms with van der Waals surface area (Å²) in [5.74, 6) is -1.94. The Balaban J connectivity index is 0.000000589. The summed E-state index contributed by atoms with van der Waals surface area (Å²) in [5.41, 5.74) is 2.97. The normalized spacial score (nSPS) is 14.4. The lowest BCUT2D eigenvalue weighted by atomic mass is 9.76. The summed E-state index contributed by atoms with van der Waals surface area (Å²) in [6.07, 6.45) is 4.66. The van der Waals surface area contributed by atoms with E-state index in [0.29, 0.717) is 41.6 Å². The van der Waals surface area contributed by atoms with E-state index in [4.69, 9.17) is 28.4 Å². The summed E-state index contributed by atoms with van der Waals surface area (Å²) >= 11 is 0. The molecule has 4 aromatic rings. The van der Waals surface area contributed by atoms with Crippen LogP contribution in [0.15, 0.2) is 121 Å². The zero-order valence-corrected chi connectivity index (χ0v) is 60.6. The van der Waals surface area contributed by atoms with Crippen molar-refractivity contribution < 1.29 is 62.3 Å². The average molecular weight is 1310 g/mol. The Morgan fingerprint density at radius 1 is 0.495 bits per heavy atom. The van der Waals surface area contributed by atoms with Crippen molar-refractivity contribution in [2.45, 2.75) is 229 Å². The van der Waals surface area contributed by atoms with Crippen LogP contribution in [0.3, 0.4) is 0 Å². The Morgan fingerprint density at radius 3 is 1.30 bits per heavy atom. The molecule has 3 N–H and O–H groups in total. The molecule has 518 valence electrons. The van der Waals surface area contributed by atoms with Crippen LogP contribution in [-0.2, 0) is 73.7 Å². The van der Waals surface area contributed by atoms with E-state index >= 15 is 0 Å². The minimum atomic E-state index is -1.73. The first-order valence-corrected chi connectivity index (χ1v) is 36.8. The SMILES string of the molecule is CC(C)(C)OC[C@H](NC(=O)OCc1ccccc1)C(=O)C[C@@H](Cc1ccccc1)C(=O)O.CC[Si](CC)(CCCOCC(CCC(C)CC(C)(C)C)C(C)CC(C)(C)C)CCOC(=O)[C@@H](CC(=O)[C@H](COC(C)(C)C)NC(=O)OCc1ccccc1)Cc1ccccc1. The molecule has 0 saturated carbocycles. The van der Waals surface area contributed by atoms with Gasteiger partial charge in [-0.15, -0.1) is 0 Å². The number of esters is 1. The fraction of sp³-hybridized carbons (Fsp3) is 0.610. The number of Topliss-reactive ketones (excluding diaryl/α,β-unsaturated/α-hetero) is 2. The van der Waals surface area contributed by atoms with Crippen molar-refractivity contribution >= 4 is 43.8 Å². The van der Waals surface area contributed by atoms with E-state index in [1.54, 1.807) is 0 Å². The molecular formula is C77H118N2O13Si. The highest BCUT2D eigenvalue weighted by atomic mass is 28.3. The van der Waals surface area contributed by atoms with Gasteiger partial charge in [0, 0.05) is 26.1 Å². The number of carboxylic acid groups (broad SMARTS) is 1. The van der Waals surface area contributed by atoms with Gasteiger partial charge < -0.3 is 44.2 Å². The van der Waals surface area contributed by atoms with Crippen LogP contribution in [0, 0.1) is 40.4 Å². The molecule has 2 amide bonds. The second-order valence-corrected chi connectivity index (χ2v) is 35.5. The van der Waals surface area contributed by atoms with Crippen molar-refractivity contribution in [1.29, 1.82) is 0 Å². The highest BCUT2D eigenvalue weighted by molar-refractivity contribution is 6.79. The predicted octanol–water partition coefficient (Wildman–Crippen LogP) is 16.9. The first-order chi connectivity index (χ1) is 43.7. The lowest BCUT2D eigenvalue weighted by Crippen LogP contribution is -2.46. The molecule has 16 heteroatoms. The fourth-order valence-corrected chi connectivity index (χ4v) is 15.2. The van der Waals surface area contributed by atoms with Gasteiger partial charge in [0.1, 0.15) is 25.3 Å². The molecule has 7 atom stereocenters. The number of amides is 2. The van der Waals surface area contributed by atoms with Gasteiger partial charge in [0.25, 0.3) is 0 Å². The summed E-state index contributed by atoms with van der Waals surface area (Å²) in [6.45, 7) is 36.5. The zero-order chi connectivity index (χ0) is 69.3. The molecule has 4 rings (SSSR count).